The van der Waals surface area contributed by atoms with Gasteiger partial charge < -0.3 is 19.9 Å². The zero-order valence-electron chi connectivity index (χ0n) is 17.1. The van der Waals surface area contributed by atoms with Crippen molar-refractivity contribution < 1.29 is 9.53 Å². The molecule has 9 nitrogen and oxygen atoms in total. The molecule has 0 aromatic carbocycles. The van der Waals surface area contributed by atoms with E-state index in [1.807, 2.05) is 28.9 Å². The van der Waals surface area contributed by atoms with Crippen LogP contribution in [0.4, 0.5) is 0 Å². The van der Waals surface area contributed by atoms with Gasteiger partial charge in [0.25, 0.3) is 0 Å². The number of piperazine rings is 1. The van der Waals surface area contributed by atoms with E-state index in [-0.39, 0.29) is 5.91 Å². The van der Waals surface area contributed by atoms with Crippen molar-refractivity contribution in [2.45, 2.75) is 20.4 Å². The predicted octanol–water partition coefficient (Wildman–Crippen LogP) is -0.367. The van der Waals surface area contributed by atoms with Crippen molar-refractivity contribution in [3.05, 3.63) is 18.0 Å². The van der Waals surface area contributed by atoms with Gasteiger partial charge in [-0.05, 0) is 19.4 Å². The summed E-state index contributed by atoms with van der Waals surface area (Å²) in [6.07, 6.45) is 3.90. The number of morpholine rings is 1. The molecule has 3 heterocycles. The SMILES string of the molecule is CCNC(=NCCn1cc(C)cn1)N1CCN(CC(=O)N2CCOCC2)CC1. The molecule has 0 unspecified atom stereocenters. The number of aromatic nitrogens is 2. The Hall–Kier alpha value is -2.13. The smallest absolute Gasteiger partial charge is 0.236 e. The lowest BCUT2D eigenvalue weighted by atomic mass is 10.3. The zero-order valence-corrected chi connectivity index (χ0v) is 17.1. The summed E-state index contributed by atoms with van der Waals surface area (Å²) in [6.45, 7) is 13.2. The number of aliphatic imine (C=N–C) groups is 1. The molecule has 0 atom stereocenters. The predicted molar refractivity (Wildman–Crippen MR) is 108 cm³/mol. The second kappa shape index (κ2) is 10.4. The summed E-state index contributed by atoms with van der Waals surface area (Å²) in [5.74, 6) is 1.16. The molecule has 9 heteroatoms. The fraction of sp³-hybridized carbons (Fsp3) is 0.737. The maximum atomic E-state index is 12.4. The Morgan fingerprint density at radius 3 is 2.57 bits per heavy atom. The Morgan fingerprint density at radius 2 is 1.93 bits per heavy atom. The van der Waals surface area contributed by atoms with Crippen LogP contribution in [0.3, 0.4) is 0 Å². The van der Waals surface area contributed by atoms with Crippen molar-refractivity contribution >= 4 is 11.9 Å². The van der Waals surface area contributed by atoms with Crippen LogP contribution in [0.5, 0.6) is 0 Å². The van der Waals surface area contributed by atoms with Crippen LogP contribution in [0.25, 0.3) is 0 Å². The molecule has 156 valence electrons. The summed E-state index contributed by atoms with van der Waals surface area (Å²) in [4.78, 5) is 23.6. The highest BCUT2D eigenvalue weighted by Crippen LogP contribution is 2.05. The highest BCUT2D eigenvalue weighted by atomic mass is 16.5. The van der Waals surface area contributed by atoms with Gasteiger partial charge in [0, 0.05) is 52.0 Å². The van der Waals surface area contributed by atoms with Crippen LogP contribution >= 0.6 is 0 Å². The highest BCUT2D eigenvalue weighted by molar-refractivity contribution is 5.80. The summed E-state index contributed by atoms with van der Waals surface area (Å²) in [6, 6.07) is 0. The van der Waals surface area contributed by atoms with Gasteiger partial charge in [0.15, 0.2) is 5.96 Å². The fourth-order valence-corrected chi connectivity index (χ4v) is 3.50. The quantitative estimate of drug-likeness (QED) is 0.527. The monoisotopic (exact) mass is 391 g/mol. The first-order chi connectivity index (χ1) is 13.7. The molecule has 1 amide bonds. The lowest BCUT2D eigenvalue weighted by molar-refractivity contribution is -0.136. The van der Waals surface area contributed by atoms with E-state index in [9.17, 15) is 4.79 Å². The largest absolute Gasteiger partial charge is 0.378 e. The van der Waals surface area contributed by atoms with Crippen molar-refractivity contribution in [2.75, 3.05) is 72.1 Å². The molecule has 1 aromatic rings. The number of hydrogen-bond acceptors (Lipinski definition) is 5. The van der Waals surface area contributed by atoms with E-state index in [2.05, 4.69) is 27.1 Å². The number of carbonyl (C=O) groups is 1. The maximum absolute atomic E-state index is 12.4. The number of guanidine groups is 1. The topological polar surface area (TPSA) is 78.2 Å². The lowest BCUT2D eigenvalue weighted by Gasteiger charge is -2.37. The molecule has 2 aliphatic rings. The first kappa shape index (κ1) is 20.6. The van der Waals surface area contributed by atoms with Gasteiger partial charge in [-0.15, -0.1) is 0 Å². The Bertz CT molecular complexity index is 646. The fourth-order valence-electron chi connectivity index (χ4n) is 3.50. The number of nitrogens with zero attached hydrogens (tertiary/aromatic N) is 6. The third-order valence-corrected chi connectivity index (χ3v) is 5.08. The Morgan fingerprint density at radius 1 is 1.18 bits per heavy atom. The molecular weight excluding hydrogens is 358 g/mol. The Kier molecular flexibility index (Phi) is 7.67. The first-order valence-corrected chi connectivity index (χ1v) is 10.3. The Balaban J connectivity index is 1.45. The minimum absolute atomic E-state index is 0.215. The summed E-state index contributed by atoms with van der Waals surface area (Å²) in [5.41, 5.74) is 1.17. The molecule has 0 aliphatic carbocycles. The zero-order chi connectivity index (χ0) is 19.8. The molecule has 1 aromatic heterocycles. The first-order valence-electron chi connectivity index (χ1n) is 10.3. The van der Waals surface area contributed by atoms with Crippen LogP contribution in [0.1, 0.15) is 12.5 Å². The number of ether oxygens (including phenoxy) is 1. The highest BCUT2D eigenvalue weighted by Gasteiger charge is 2.24. The molecule has 0 radical (unpaired) electrons. The number of amides is 1. The van der Waals surface area contributed by atoms with Crippen molar-refractivity contribution in [1.82, 2.24) is 29.8 Å². The molecule has 3 rings (SSSR count). The summed E-state index contributed by atoms with van der Waals surface area (Å²) in [7, 11) is 0. The minimum Gasteiger partial charge on any atom is -0.378 e. The van der Waals surface area contributed by atoms with Crippen molar-refractivity contribution in [3.63, 3.8) is 0 Å². The third-order valence-electron chi connectivity index (χ3n) is 5.08. The minimum atomic E-state index is 0.215. The number of hydrogen-bond donors (Lipinski definition) is 1. The summed E-state index contributed by atoms with van der Waals surface area (Å²) < 4.78 is 7.25. The molecule has 0 bridgehead atoms. The third kappa shape index (κ3) is 5.93. The van der Waals surface area contributed by atoms with Crippen molar-refractivity contribution in [2.24, 2.45) is 4.99 Å². The number of rotatable bonds is 6. The normalized spacial score (nSPS) is 19.1. The van der Waals surface area contributed by atoms with Crippen LogP contribution in [-0.2, 0) is 16.1 Å². The van der Waals surface area contributed by atoms with Crippen LogP contribution in [0.15, 0.2) is 17.4 Å². The summed E-state index contributed by atoms with van der Waals surface area (Å²) in [5, 5.41) is 7.70. The van der Waals surface area contributed by atoms with Crippen LogP contribution in [0, 0.1) is 6.92 Å². The van der Waals surface area contributed by atoms with Gasteiger partial charge in [0.05, 0.1) is 39.0 Å². The van der Waals surface area contributed by atoms with Crippen LogP contribution < -0.4 is 5.32 Å². The second-order valence-corrected chi connectivity index (χ2v) is 7.27. The number of nitrogens with one attached hydrogen (secondary N) is 1. The average molecular weight is 392 g/mol. The van der Waals surface area contributed by atoms with E-state index in [4.69, 9.17) is 9.73 Å². The van der Waals surface area contributed by atoms with Gasteiger partial charge in [-0.1, -0.05) is 0 Å². The van der Waals surface area contributed by atoms with Crippen molar-refractivity contribution in [3.8, 4) is 0 Å². The standard InChI is InChI=1S/C19H33N7O2/c1-3-20-19(21-4-5-26-15-17(2)14-22-26)25-8-6-23(7-9-25)16-18(27)24-10-12-28-13-11-24/h14-15H,3-13,16H2,1-2H3,(H,20,21). The van der Waals surface area contributed by atoms with Gasteiger partial charge in [-0.2, -0.15) is 5.10 Å². The summed E-state index contributed by atoms with van der Waals surface area (Å²) >= 11 is 0. The van der Waals surface area contributed by atoms with E-state index in [0.29, 0.717) is 39.4 Å². The van der Waals surface area contributed by atoms with E-state index < -0.39 is 0 Å². The number of carbonyl (C=O) groups excluding carboxylic acids is 1. The van der Waals surface area contributed by atoms with Gasteiger partial charge in [-0.25, -0.2) is 0 Å². The molecular formula is C19H33N7O2. The van der Waals surface area contributed by atoms with Crippen molar-refractivity contribution in [1.29, 1.82) is 0 Å². The van der Waals surface area contributed by atoms with Gasteiger partial charge in [-0.3, -0.25) is 19.4 Å². The van der Waals surface area contributed by atoms with Crippen LogP contribution in [0.2, 0.25) is 0 Å². The molecule has 0 saturated carbocycles. The lowest BCUT2D eigenvalue weighted by Crippen LogP contribution is -2.55. The van der Waals surface area contributed by atoms with E-state index >= 15 is 0 Å². The maximum Gasteiger partial charge on any atom is 0.236 e. The molecule has 1 N–H and O–H groups in total. The van der Waals surface area contributed by atoms with Crippen LogP contribution in [-0.4, -0.2) is 108 Å². The van der Waals surface area contributed by atoms with Gasteiger partial charge >= 0.3 is 0 Å². The second-order valence-electron chi connectivity index (χ2n) is 7.27. The van der Waals surface area contributed by atoms with E-state index in [0.717, 1.165) is 45.2 Å². The molecule has 2 fully saturated rings. The van der Waals surface area contributed by atoms with E-state index in [1.165, 1.54) is 5.56 Å². The average Bonchev–Trinajstić information content (AvgIpc) is 3.14. The van der Waals surface area contributed by atoms with Gasteiger partial charge in [0.1, 0.15) is 0 Å². The molecule has 0 spiro atoms. The number of aryl methyl sites for hydroxylation is 1. The Labute approximate surface area is 167 Å². The molecule has 2 saturated heterocycles. The van der Waals surface area contributed by atoms with Gasteiger partial charge in [0.2, 0.25) is 5.91 Å². The molecule has 28 heavy (non-hydrogen) atoms. The van der Waals surface area contributed by atoms with E-state index in [1.54, 1.807) is 0 Å². The molecule has 2 aliphatic heterocycles.